The highest BCUT2D eigenvalue weighted by atomic mass is 19.1. The number of hydrogen-bond donors (Lipinski definition) is 1. The van der Waals surface area contributed by atoms with Crippen molar-refractivity contribution in [3.63, 3.8) is 0 Å². The fraction of sp³-hybridized carbons (Fsp3) is 0.364. The molecule has 17 heavy (non-hydrogen) atoms. The molecule has 1 heterocycles. The van der Waals surface area contributed by atoms with Crippen LogP contribution in [-0.2, 0) is 14.3 Å². The van der Waals surface area contributed by atoms with Gasteiger partial charge in [0.25, 0.3) is 0 Å². The summed E-state index contributed by atoms with van der Waals surface area (Å²) in [4.78, 5) is 25.7. The lowest BCUT2D eigenvalue weighted by atomic mass is 9.97. The number of pyridine rings is 1. The molecule has 1 atom stereocenters. The molecule has 0 saturated carbocycles. The lowest BCUT2D eigenvalue weighted by Crippen LogP contribution is -2.14. The number of ether oxygens (including phenoxy) is 1. The fourth-order valence-corrected chi connectivity index (χ4v) is 1.42. The quantitative estimate of drug-likeness (QED) is 0.787. The van der Waals surface area contributed by atoms with Gasteiger partial charge in [-0.3, -0.25) is 14.6 Å². The summed E-state index contributed by atoms with van der Waals surface area (Å²) in [5, 5.41) is 8.73. The van der Waals surface area contributed by atoms with Crippen LogP contribution < -0.4 is 0 Å². The second-order valence-electron chi connectivity index (χ2n) is 3.47. The molecule has 0 fully saturated rings. The molecule has 1 unspecified atom stereocenters. The molecule has 0 aliphatic carbocycles. The topological polar surface area (TPSA) is 76.5 Å². The van der Waals surface area contributed by atoms with Crippen molar-refractivity contribution in [1.82, 2.24) is 4.98 Å². The Bertz CT molecular complexity index is 422. The van der Waals surface area contributed by atoms with Gasteiger partial charge in [0.15, 0.2) is 0 Å². The smallest absolute Gasteiger partial charge is 0.306 e. The lowest BCUT2D eigenvalue weighted by Gasteiger charge is -2.12. The predicted molar refractivity (Wildman–Crippen MR) is 55.8 cm³/mol. The number of rotatable bonds is 5. The summed E-state index contributed by atoms with van der Waals surface area (Å²) >= 11 is 0. The van der Waals surface area contributed by atoms with Crippen molar-refractivity contribution in [2.24, 2.45) is 0 Å². The fourth-order valence-electron chi connectivity index (χ4n) is 1.42. The number of carbonyl (C=O) groups excluding carboxylic acids is 1. The summed E-state index contributed by atoms with van der Waals surface area (Å²) in [6, 6.07) is 2.27. The van der Waals surface area contributed by atoms with Gasteiger partial charge in [-0.2, -0.15) is 0 Å². The Morgan fingerprint density at radius 1 is 1.53 bits per heavy atom. The SMILES string of the molecule is COC(=O)CC(CC(=O)O)c1cc(F)ccn1. The van der Waals surface area contributed by atoms with E-state index in [2.05, 4.69) is 9.72 Å². The summed E-state index contributed by atoms with van der Waals surface area (Å²) < 4.78 is 17.4. The van der Waals surface area contributed by atoms with E-state index in [1.165, 1.54) is 13.3 Å². The molecule has 0 spiro atoms. The van der Waals surface area contributed by atoms with Crippen LogP contribution >= 0.6 is 0 Å². The number of nitrogens with zero attached hydrogens (tertiary/aromatic N) is 1. The average Bonchev–Trinajstić information content (AvgIpc) is 2.27. The van der Waals surface area contributed by atoms with E-state index in [-0.39, 0.29) is 18.5 Å². The van der Waals surface area contributed by atoms with Crippen molar-refractivity contribution in [2.45, 2.75) is 18.8 Å². The van der Waals surface area contributed by atoms with Gasteiger partial charge in [-0.1, -0.05) is 0 Å². The monoisotopic (exact) mass is 241 g/mol. The van der Waals surface area contributed by atoms with Crippen LogP contribution in [0.2, 0.25) is 0 Å². The van der Waals surface area contributed by atoms with Crippen LogP contribution in [0.1, 0.15) is 24.5 Å². The molecule has 92 valence electrons. The average molecular weight is 241 g/mol. The van der Waals surface area contributed by atoms with E-state index in [0.717, 1.165) is 12.1 Å². The van der Waals surface area contributed by atoms with Crippen LogP contribution in [0, 0.1) is 5.82 Å². The van der Waals surface area contributed by atoms with Crippen LogP contribution in [0.3, 0.4) is 0 Å². The van der Waals surface area contributed by atoms with Crippen LogP contribution in [-0.4, -0.2) is 29.1 Å². The zero-order valence-electron chi connectivity index (χ0n) is 9.22. The first-order chi connectivity index (χ1) is 8.02. The largest absolute Gasteiger partial charge is 0.481 e. The maximum atomic E-state index is 13.0. The molecule has 0 aromatic carbocycles. The maximum absolute atomic E-state index is 13.0. The third kappa shape index (κ3) is 4.18. The minimum atomic E-state index is -1.08. The van der Waals surface area contributed by atoms with Gasteiger partial charge in [0.1, 0.15) is 5.82 Å². The Balaban J connectivity index is 2.89. The Labute approximate surface area is 97.2 Å². The lowest BCUT2D eigenvalue weighted by molar-refractivity contribution is -0.142. The zero-order chi connectivity index (χ0) is 12.8. The minimum Gasteiger partial charge on any atom is -0.481 e. The minimum absolute atomic E-state index is 0.140. The molecule has 0 aliphatic rings. The number of hydrogen-bond acceptors (Lipinski definition) is 4. The number of aromatic nitrogens is 1. The second kappa shape index (κ2) is 5.93. The Hall–Kier alpha value is -1.98. The third-order valence-electron chi connectivity index (χ3n) is 2.22. The van der Waals surface area contributed by atoms with Crippen LogP contribution in [0.5, 0.6) is 0 Å². The Morgan fingerprint density at radius 3 is 2.76 bits per heavy atom. The van der Waals surface area contributed by atoms with Crippen molar-refractivity contribution >= 4 is 11.9 Å². The normalized spacial score (nSPS) is 11.9. The van der Waals surface area contributed by atoms with Crippen LogP contribution in [0.15, 0.2) is 18.3 Å². The molecule has 0 saturated heterocycles. The van der Waals surface area contributed by atoms with Crippen molar-refractivity contribution in [1.29, 1.82) is 0 Å². The standard InChI is InChI=1S/C11H12FNO4/c1-17-11(16)5-7(4-10(14)15)9-6-8(12)2-3-13-9/h2-3,6-7H,4-5H2,1H3,(H,14,15). The molecular weight excluding hydrogens is 229 g/mol. The summed E-state index contributed by atoms with van der Waals surface area (Å²) in [5.41, 5.74) is 0.234. The van der Waals surface area contributed by atoms with Gasteiger partial charge in [0.05, 0.1) is 20.0 Å². The molecule has 6 heteroatoms. The van der Waals surface area contributed by atoms with E-state index in [1.54, 1.807) is 0 Å². The van der Waals surface area contributed by atoms with E-state index in [1.807, 2.05) is 0 Å². The first kappa shape index (κ1) is 13.1. The van der Waals surface area contributed by atoms with Crippen molar-refractivity contribution < 1.29 is 23.8 Å². The van der Waals surface area contributed by atoms with Crippen molar-refractivity contribution in [3.05, 3.63) is 29.8 Å². The summed E-state index contributed by atoms with van der Waals surface area (Å²) in [6.45, 7) is 0. The van der Waals surface area contributed by atoms with Gasteiger partial charge >= 0.3 is 11.9 Å². The van der Waals surface area contributed by atoms with E-state index < -0.39 is 23.7 Å². The molecular formula is C11H12FNO4. The molecule has 1 aromatic heterocycles. The van der Waals surface area contributed by atoms with Crippen LogP contribution in [0.4, 0.5) is 4.39 Å². The van der Waals surface area contributed by atoms with Gasteiger partial charge < -0.3 is 9.84 Å². The zero-order valence-corrected chi connectivity index (χ0v) is 9.22. The molecule has 0 radical (unpaired) electrons. The van der Waals surface area contributed by atoms with Gasteiger partial charge in [-0.05, 0) is 12.1 Å². The highest BCUT2D eigenvalue weighted by Crippen LogP contribution is 2.22. The predicted octanol–water partition coefficient (Wildman–Crippen LogP) is 1.34. The molecule has 1 aromatic rings. The number of aliphatic carboxylic acids is 1. The number of halogens is 1. The van der Waals surface area contributed by atoms with E-state index in [4.69, 9.17) is 5.11 Å². The van der Waals surface area contributed by atoms with Gasteiger partial charge in [-0.25, -0.2) is 4.39 Å². The maximum Gasteiger partial charge on any atom is 0.306 e. The van der Waals surface area contributed by atoms with Gasteiger partial charge in [0, 0.05) is 17.8 Å². The highest BCUT2D eigenvalue weighted by molar-refractivity contribution is 5.73. The van der Waals surface area contributed by atoms with Crippen molar-refractivity contribution in [2.75, 3.05) is 7.11 Å². The number of carboxylic acids is 1. The first-order valence-electron chi connectivity index (χ1n) is 4.93. The van der Waals surface area contributed by atoms with Crippen LogP contribution in [0.25, 0.3) is 0 Å². The molecule has 1 rings (SSSR count). The molecule has 5 nitrogen and oxygen atoms in total. The summed E-state index contributed by atoms with van der Waals surface area (Å²) in [5.74, 6) is -2.84. The molecule has 1 N–H and O–H groups in total. The van der Waals surface area contributed by atoms with E-state index in [0.29, 0.717) is 0 Å². The van der Waals surface area contributed by atoms with Crippen molar-refractivity contribution in [3.8, 4) is 0 Å². The number of carbonyl (C=O) groups is 2. The molecule has 0 bridgehead atoms. The highest BCUT2D eigenvalue weighted by Gasteiger charge is 2.21. The number of esters is 1. The molecule has 0 amide bonds. The molecule has 0 aliphatic heterocycles. The first-order valence-corrected chi connectivity index (χ1v) is 4.93. The second-order valence-corrected chi connectivity index (χ2v) is 3.47. The third-order valence-corrected chi connectivity index (χ3v) is 2.22. The Kier molecular flexibility index (Phi) is 4.56. The number of carboxylic acid groups (broad SMARTS) is 1. The van der Waals surface area contributed by atoms with E-state index >= 15 is 0 Å². The van der Waals surface area contributed by atoms with E-state index in [9.17, 15) is 14.0 Å². The van der Waals surface area contributed by atoms with Gasteiger partial charge in [0.2, 0.25) is 0 Å². The summed E-state index contributed by atoms with van der Waals surface area (Å²) in [7, 11) is 1.21. The Morgan fingerprint density at radius 2 is 2.24 bits per heavy atom. The summed E-state index contributed by atoms with van der Waals surface area (Å²) in [6.07, 6.45) is 0.793. The van der Waals surface area contributed by atoms with Gasteiger partial charge in [-0.15, -0.1) is 0 Å². The number of methoxy groups -OCH3 is 1.